The molecule has 0 saturated carbocycles. The third-order valence-electron chi connectivity index (χ3n) is 3.50. The molecular formula is C16H16O2. The molecule has 0 amide bonds. The maximum atomic E-state index is 10.3. The van der Waals surface area contributed by atoms with Gasteiger partial charge in [-0.15, -0.1) is 0 Å². The lowest BCUT2D eigenvalue weighted by molar-refractivity contribution is 0.0205. The van der Waals surface area contributed by atoms with E-state index < -0.39 is 6.10 Å². The van der Waals surface area contributed by atoms with Gasteiger partial charge in [0.25, 0.3) is 0 Å². The molecule has 1 aliphatic rings. The molecule has 0 saturated heterocycles. The molecule has 0 aliphatic carbocycles. The monoisotopic (exact) mass is 240 g/mol. The summed E-state index contributed by atoms with van der Waals surface area (Å²) in [6.45, 7) is 2.05. The Morgan fingerprint density at radius 1 is 1.06 bits per heavy atom. The Morgan fingerprint density at radius 2 is 1.78 bits per heavy atom. The molecule has 1 aliphatic heterocycles. The molecule has 0 spiro atoms. The minimum atomic E-state index is -0.485. The molecule has 1 heterocycles. The molecule has 2 aromatic rings. The molecule has 1 N–H and O–H groups in total. The van der Waals surface area contributed by atoms with Gasteiger partial charge in [-0.3, -0.25) is 0 Å². The van der Waals surface area contributed by atoms with E-state index in [2.05, 4.69) is 0 Å². The van der Waals surface area contributed by atoms with Crippen LogP contribution in [0.3, 0.4) is 0 Å². The van der Waals surface area contributed by atoms with Crippen molar-refractivity contribution < 1.29 is 9.84 Å². The molecule has 0 unspecified atom stereocenters. The normalized spacial score (nSPS) is 22.1. The van der Waals surface area contributed by atoms with E-state index in [-0.39, 0.29) is 6.10 Å². The van der Waals surface area contributed by atoms with Crippen molar-refractivity contribution in [1.29, 1.82) is 0 Å². The second-order valence-corrected chi connectivity index (χ2v) is 4.77. The van der Waals surface area contributed by atoms with Crippen LogP contribution in [-0.4, -0.2) is 11.2 Å². The van der Waals surface area contributed by atoms with E-state index in [1.54, 1.807) is 0 Å². The molecule has 3 rings (SSSR count). The highest BCUT2D eigenvalue weighted by atomic mass is 16.5. The molecule has 0 aromatic heterocycles. The smallest absolute Gasteiger partial charge is 0.150 e. The van der Waals surface area contributed by atoms with Gasteiger partial charge in [0.05, 0.1) is 6.10 Å². The van der Waals surface area contributed by atoms with Gasteiger partial charge in [-0.1, -0.05) is 42.5 Å². The first kappa shape index (κ1) is 11.3. The number of rotatable bonds is 1. The molecule has 2 atom stereocenters. The highest BCUT2D eigenvalue weighted by Gasteiger charge is 2.30. The van der Waals surface area contributed by atoms with Crippen LogP contribution in [0.1, 0.15) is 22.8 Å². The fourth-order valence-electron chi connectivity index (χ4n) is 2.51. The van der Waals surface area contributed by atoms with Gasteiger partial charge in [-0.2, -0.15) is 0 Å². The Hall–Kier alpha value is -1.80. The second kappa shape index (κ2) is 4.46. The summed E-state index contributed by atoms with van der Waals surface area (Å²) < 4.78 is 5.96. The summed E-state index contributed by atoms with van der Waals surface area (Å²) in [5.74, 6) is 0.885. The SMILES string of the molecule is Cc1ccccc1[C@H]1Oc2ccccc2C[C@@H]1O. The number of benzene rings is 2. The average molecular weight is 240 g/mol. The number of para-hydroxylation sites is 1. The maximum Gasteiger partial charge on any atom is 0.150 e. The third-order valence-corrected chi connectivity index (χ3v) is 3.50. The van der Waals surface area contributed by atoms with Crippen molar-refractivity contribution in [1.82, 2.24) is 0 Å². The van der Waals surface area contributed by atoms with Crippen molar-refractivity contribution in [3.63, 3.8) is 0 Å². The predicted molar refractivity (Wildman–Crippen MR) is 70.7 cm³/mol. The van der Waals surface area contributed by atoms with E-state index in [1.807, 2.05) is 55.5 Å². The van der Waals surface area contributed by atoms with Crippen LogP contribution in [0.15, 0.2) is 48.5 Å². The first-order valence-corrected chi connectivity index (χ1v) is 6.24. The van der Waals surface area contributed by atoms with E-state index in [0.29, 0.717) is 6.42 Å². The Labute approximate surface area is 107 Å². The third kappa shape index (κ3) is 1.89. The van der Waals surface area contributed by atoms with Gasteiger partial charge < -0.3 is 9.84 Å². The second-order valence-electron chi connectivity index (χ2n) is 4.77. The summed E-state index contributed by atoms with van der Waals surface area (Å²) in [5, 5.41) is 10.3. The fraction of sp³-hybridized carbons (Fsp3) is 0.250. The zero-order chi connectivity index (χ0) is 12.5. The number of aliphatic hydroxyl groups is 1. The lowest BCUT2D eigenvalue weighted by Crippen LogP contribution is -2.30. The molecule has 2 heteroatoms. The van der Waals surface area contributed by atoms with Crippen molar-refractivity contribution in [2.24, 2.45) is 0 Å². The first-order valence-electron chi connectivity index (χ1n) is 6.24. The lowest BCUT2D eigenvalue weighted by Gasteiger charge is -2.31. The van der Waals surface area contributed by atoms with Crippen LogP contribution < -0.4 is 4.74 Å². The van der Waals surface area contributed by atoms with Crippen LogP contribution in [0.2, 0.25) is 0 Å². The van der Waals surface area contributed by atoms with Crippen molar-refractivity contribution in [2.75, 3.05) is 0 Å². The number of aliphatic hydroxyl groups excluding tert-OH is 1. The number of hydrogen-bond donors (Lipinski definition) is 1. The fourth-order valence-corrected chi connectivity index (χ4v) is 2.51. The van der Waals surface area contributed by atoms with Gasteiger partial charge in [-0.25, -0.2) is 0 Å². The summed E-state index contributed by atoms with van der Waals surface area (Å²) >= 11 is 0. The van der Waals surface area contributed by atoms with Crippen molar-refractivity contribution in [3.8, 4) is 5.75 Å². The highest BCUT2D eigenvalue weighted by Crippen LogP contribution is 2.35. The van der Waals surface area contributed by atoms with Crippen molar-refractivity contribution >= 4 is 0 Å². The topological polar surface area (TPSA) is 29.5 Å². The zero-order valence-electron chi connectivity index (χ0n) is 10.3. The quantitative estimate of drug-likeness (QED) is 0.830. The van der Waals surface area contributed by atoms with Crippen molar-refractivity contribution in [3.05, 3.63) is 65.2 Å². The molecule has 0 radical (unpaired) electrons. The Kier molecular flexibility index (Phi) is 2.80. The van der Waals surface area contributed by atoms with Crippen LogP contribution in [-0.2, 0) is 6.42 Å². The van der Waals surface area contributed by atoms with Gasteiger partial charge in [0.15, 0.2) is 6.10 Å². The number of fused-ring (bicyclic) bond motifs is 1. The van der Waals surface area contributed by atoms with Crippen LogP contribution in [0.4, 0.5) is 0 Å². The Bertz CT molecular complexity index is 563. The summed E-state index contributed by atoms with van der Waals surface area (Å²) in [7, 11) is 0. The van der Waals surface area contributed by atoms with Crippen LogP contribution >= 0.6 is 0 Å². The van der Waals surface area contributed by atoms with Gasteiger partial charge >= 0.3 is 0 Å². The van der Waals surface area contributed by atoms with Crippen LogP contribution in [0.5, 0.6) is 5.75 Å². The lowest BCUT2D eigenvalue weighted by atomic mass is 9.92. The number of ether oxygens (including phenoxy) is 1. The minimum Gasteiger partial charge on any atom is -0.483 e. The van der Waals surface area contributed by atoms with E-state index in [0.717, 1.165) is 22.4 Å². The summed E-state index contributed by atoms with van der Waals surface area (Å²) in [4.78, 5) is 0. The van der Waals surface area contributed by atoms with Crippen LogP contribution in [0.25, 0.3) is 0 Å². The van der Waals surface area contributed by atoms with Gasteiger partial charge in [0, 0.05) is 6.42 Å². The first-order chi connectivity index (χ1) is 8.75. The van der Waals surface area contributed by atoms with E-state index in [1.165, 1.54) is 0 Å². The molecular weight excluding hydrogens is 224 g/mol. The Balaban J connectivity index is 1.99. The molecule has 2 aromatic carbocycles. The highest BCUT2D eigenvalue weighted by molar-refractivity contribution is 5.39. The van der Waals surface area contributed by atoms with Crippen molar-refractivity contribution in [2.45, 2.75) is 25.6 Å². The zero-order valence-corrected chi connectivity index (χ0v) is 10.3. The number of hydrogen-bond acceptors (Lipinski definition) is 2. The molecule has 92 valence electrons. The largest absolute Gasteiger partial charge is 0.483 e. The van der Waals surface area contributed by atoms with E-state index >= 15 is 0 Å². The maximum absolute atomic E-state index is 10.3. The van der Waals surface area contributed by atoms with Gasteiger partial charge in [0.1, 0.15) is 5.75 Å². The van der Waals surface area contributed by atoms with Gasteiger partial charge in [0.2, 0.25) is 0 Å². The summed E-state index contributed by atoms with van der Waals surface area (Å²) in [5.41, 5.74) is 3.30. The Morgan fingerprint density at radius 3 is 2.61 bits per heavy atom. The molecule has 0 fully saturated rings. The molecule has 2 nitrogen and oxygen atoms in total. The number of aryl methyl sites for hydroxylation is 1. The van der Waals surface area contributed by atoms with Crippen LogP contribution in [0, 0.1) is 6.92 Å². The van der Waals surface area contributed by atoms with E-state index in [4.69, 9.17) is 4.74 Å². The standard InChI is InChI=1S/C16H16O2/c1-11-6-2-4-8-13(11)16-14(17)10-12-7-3-5-9-15(12)18-16/h2-9,14,16-17H,10H2,1H3/t14-,16+/m0/s1. The summed E-state index contributed by atoms with van der Waals surface area (Å²) in [6.07, 6.45) is -0.100. The minimum absolute atomic E-state index is 0.263. The molecule has 18 heavy (non-hydrogen) atoms. The molecule has 0 bridgehead atoms. The van der Waals surface area contributed by atoms with E-state index in [9.17, 15) is 5.11 Å². The average Bonchev–Trinajstić information content (AvgIpc) is 2.39. The summed E-state index contributed by atoms with van der Waals surface area (Å²) in [6, 6.07) is 16.0. The predicted octanol–water partition coefficient (Wildman–Crippen LogP) is 3.03. The van der Waals surface area contributed by atoms with Gasteiger partial charge in [-0.05, 0) is 29.7 Å².